The number of para-hydroxylation sites is 1. The molecule has 3 rings (SSSR count). The Morgan fingerprint density at radius 3 is 2.44 bits per heavy atom. The molecule has 0 bridgehead atoms. The van der Waals surface area contributed by atoms with Gasteiger partial charge in [-0.25, -0.2) is 0 Å². The van der Waals surface area contributed by atoms with Gasteiger partial charge in [-0.1, -0.05) is 18.2 Å². The van der Waals surface area contributed by atoms with Crippen LogP contribution in [0.3, 0.4) is 0 Å². The first-order valence-corrected chi connectivity index (χ1v) is 6.10. The highest BCUT2D eigenvalue weighted by Gasteiger charge is 2.15. The summed E-state index contributed by atoms with van der Waals surface area (Å²) >= 11 is 0. The summed E-state index contributed by atoms with van der Waals surface area (Å²) in [5.41, 5.74) is 6.40. The van der Waals surface area contributed by atoms with Gasteiger partial charge in [-0.05, 0) is 43.5 Å². The number of nitrogens with one attached hydrogen (secondary N) is 1. The number of aryl methyl sites for hydroxylation is 2. The highest BCUT2D eigenvalue weighted by Crippen LogP contribution is 2.33. The summed E-state index contributed by atoms with van der Waals surface area (Å²) in [6, 6.07) is 8.23. The van der Waals surface area contributed by atoms with Crippen molar-refractivity contribution in [3.63, 3.8) is 0 Å². The van der Waals surface area contributed by atoms with E-state index in [1.165, 1.54) is 10.8 Å². The fourth-order valence-electron chi connectivity index (χ4n) is 2.79. The van der Waals surface area contributed by atoms with Crippen molar-refractivity contribution in [1.82, 2.24) is 4.98 Å². The van der Waals surface area contributed by atoms with E-state index in [1.54, 1.807) is 0 Å². The van der Waals surface area contributed by atoms with Crippen molar-refractivity contribution in [2.24, 2.45) is 0 Å². The molecule has 0 saturated carbocycles. The summed E-state index contributed by atoms with van der Waals surface area (Å²) in [5.74, 6) is 0. The van der Waals surface area contributed by atoms with E-state index >= 15 is 0 Å². The zero-order chi connectivity index (χ0) is 12.9. The van der Waals surface area contributed by atoms with Crippen LogP contribution in [-0.4, -0.2) is 11.3 Å². The molecule has 3 aromatic rings. The first-order chi connectivity index (χ1) is 8.65. The Morgan fingerprint density at radius 2 is 1.72 bits per heavy atom. The van der Waals surface area contributed by atoms with E-state index in [2.05, 4.69) is 24.0 Å². The van der Waals surface area contributed by atoms with Crippen LogP contribution in [0, 0.1) is 20.8 Å². The van der Waals surface area contributed by atoms with Gasteiger partial charge in [-0.2, -0.15) is 0 Å². The van der Waals surface area contributed by atoms with Gasteiger partial charge in [-0.15, -0.1) is 0 Å². The van der Waals surface area contributed by atoms with Crippen molar-refractivity contribution in [2.45, 2.75) is 20.8 Å². The highest BCUT2D eigenvalue weighted by molar-refractivity contribution is 6.12. The molecule has 0 saturated heterocycles. The van der Waals surface area contributed by atoms with Crippen LogP contribution >= 0.6 is 0 Å². The van der Waals surface area contributed by atoms with E-state index in [1.807, 2.05) is 26.0 Å². The third kappa shape index (κ3) is 1.26. The number of H-pyrrole nitrogens is 1. The minimum absolute atomic E-state index is 0.824. The number of rotatable bonds is 1. The fraction of sp³-hybridized carbons (Fsp3) is 0.188. The lowest BCUT2D eigenvalue weighted by Crippen LogP contribution is -1.96. The number of carbonyl (C=O) groups excluding carboxylic acids is 1. The molecule has 1 aromatic heterocycles. The molecule has 2 aromatic carbocycles. The first kappa shape index (κ1) is 11.0. The molecule has 2 heteroatoms. The lowest BCUT2D eigenvalue weighted by molar-refractivity contribution is 0.112. The topological polar surface area (TPSA) is 32.9 Å². The zero-order valence-electron chi connectivity index (χ0n) is 10.8. The Balaban J connectivity index is 2.65. The van der Waals surface area contributed by atoms with Crippen molar-refractivity contribution < 1.29 is 4.79 Å². The van der Waals surface area contributed by atoms with Gasteiger partial charge in [0.15, 0.2) is 6.29 Å². The molecule has 0 atom stereocenters. The van der Waals surface area contributed by atoms with E-state index in [-0.39, 0.29) is 0 Å². The first-order valence-electron chi connectivity index (χ1n) is 6.10. The van der Waals surface area contributed by atoms with E-state index in [4.69, 9.17) is 0 Å². The van der Waals surface area contributed by atoms with Gasteiger partial charge in [0.05, 0.1) is 0 Å². The Bertz CT molecular complexity index is 781. The molecule has 0 aliphatic rings. The van der Waals surface area contributed by atoms with Crippen LogP contribution in [0.5, 0.6) is 0 Å². The Kier molecular flexibility index (Phi) is 2.27. The smallest absolute Gasteiger partial charge is 0.150 e. The Hall–Kier alpha value is -2.09. The summed E-state index contributed by atoms with van der Waals surface area (Å²) in [6.07, 6.45) is 0.971. The average Bonchev–Trinajstić information content (AvgIpc) is 2.76. The van der Waals surface area contributed by atoms with Gasteiger partial charge in [0.25, 0.3) is 0 Å². The van der Waals surface area contributed by atoms with Crippen LogP contribution in [0.25, 0.3) is 21.8 Å². The number of aromatic amines is 1. The van der Waals surface area contributed by atoms with Gasteiger partial charge in [0.1, 0.15) is 0 Å². The molecule has 1 N–H and O–H groups in total. The molecule has 0 amide bonds. The number of aldehydes is 1. The third-order valence-corrected chi connectivity index (χ3v) is 3.94. The van der Waals surface area contributed by atoms with E-state index in [9.17, 15) is 4.79 Å². The second-order valence-corrected chi connectivity index (χ2v) is 4.83. The average molecular weight is 237 g/mol. The fourth-order valence-corrected chi connectivity index (χ4v) is 2.79. The van der Waals surface area contributed by atoms with Gasteiger partial charge < -0.3 is 4.98 Å². The second-order valence-electron chi connectivity index (χ2n) is 4.83. The minimum Gasteiger partial charge on any atom is -0.354 e. The molecule has 0 fully saturated rings. The molecule has 90 valence electrons. The summed E-state index contributed by atoms with van der Waals surface area (Å²) in [6.45, 7) is 6.11. The number of carbonyl (C=O) groups is 1. The van der Waals surface area contributed by atoms with Crippen molar-refractivity contribution in [3.05, 3.63) is 46.5 Å². The molecule has 2 nitrogen and oxygen atoms in total. The SMILES string of the molecule is Cc1c(C=O)c(C)c2c([nH]c3ccccc32)c1C. The molecular weight excluding hydrogens is 222 g/mol. The maximum atomic E-state index is 11.3. The van der Waals surface area contributed by atoms with Crippen LogP contribution in [0.15, 0.2) is 24.3 Å². The van der Waals surface area contributed by atoms with Crippen molar-refractivity contribution in [2.75, 3.05) is 0 Å². The van der Waals surface area contributed by atoms with Crippen LogP contribution in [0.4, 0.5) is 0 Å². The molecule has 0 unspecified atom stereocenters. The van der Waals surface area contributed by atoms with Crippen molar-refractivity contribution >= 4 is 28.1 Å². The molecule has 0 spiro atoms. The van der Waals surface area contributed by atoms with Crippen LogP contribution < -0.4 is 0 Å². The minimum atomic E-state index is 0.824. The number of aromatic nitrogens is 1. The Morgan fingerprint density at radius 1 is 1.00 bits per heavy atom. The third-order valence-electron chi connectivity index (χ3n) is 3.94. The largest absolute Gasteiger partial charge is 0.354 e. The van der Waals surface area contributed by atoms with Crippen molar-refractivity contribution in [1.29, 1.82) is 0 Å². The van der Waals surface area contributed by atoms with E-state index in [0.29, 0.717) is 0 Å². The molecule has 0 aliphatic heterocycles. The second kappa shape index (κ2) is 3.70. The normalized spacial score (nSPS) is 11.3. The summed E-state index contributed by atoms with van der Waals surface area (Å²) in [5, 5.41) is 2.37. The summed E-state index contributed by atoms with van der Waals surface area (Å²) in [4.78, 5) is 14.8. The van der Waals surface area contributed by atoms with Crippen molar-refractivity contribution in [3.8, 4) is 0 Å². The monoisotopic (exact) mass is 237 g/mol. The van der Waals surface area contributed by atoms with Gasteiger partial charge >= 0.3 is 0 Å². The molecule has 0 radical (unpaired) electrons. The van der Waals surface area contributed by atoms with Gasteiger partial charge in [-0.3, -0.25) is 4.79 Å². The number of fused-ring (bicyclic) bond motifs is 3. The standard InChI is InChI=1S/C16H15NO/c1-9-10(2)16-15(11(3)13(9)8-18)12-6-4-5-7-14(12)17-16/h4-8,17H,1-3H3. The maximum absolute atomic E-state index is 11.3. The maximum Gasteiger partial charge on any atom is 0.150 e. The number of hydrogen-bond acceptors (Lipinski definition) is 1. The zero-order valence-corrected chi connectivity index (χ0v) is 10.8. The lowest BCUT2D eigenvalue weighted by atomic mass is 9.94. The van der Waals surface area contributed by atoms with E-state index < -0.39 is 0 Å². The Labute approximate surface area is 106 Å². The van der Waals surface area contributed by atoms with E-state index in [0.717, 1.165) is 39.6 Å². The van der Waals surface area contributed by atoms with Crippen LogP contribution in [0.1, 0.15) is 27.0 Å². The highest BCUT2D eigenvalue weighted by atomic mass is 16.1. The van der Waals surface area contributed by atoms with Gasteiger partial charge in [0.2, 0.25) is 0 Å². The quantitative estimate of drug-likeness (QED) is 0.636. The molecular formula is C16H15NO. The van der Waals surface area contributed by atoms with Gasteiger partial charge in [0, 0.05) is 27.4 Å². The summed E-state index contributed by atoms with van der Waals surface area (Å²) < 4.78 is 0. The van der Waals surface area contributed by atoms with Crippen LogP contribution in [0.2, 0.25) is 0 Å². The predicted octanol–water partition coefficient (Wildman–Crippen LogP) is 4.06. The number of hydrogen-bond donors (Lipinski definition) is 1. The molecule has 18 heavy (non-hydrogen) atoms. The van der Waals surface area contributed by atoms with Crippen LogP contribution in [-0.2, 0) is 0 Å². The lowest BCUT2D eigenvalue weighted by Gasteiger charge is -2.09. The molecule has 1 heterocycles. The summed E-state index contributed by atoms with van der Waals surface area (Å²) in [7, 11) is 0. The predicted molar refractivity (Wildman–Crippen MR) is 75.4 cm³/mol. The molecule has 0 aliphatic carbocycles. The number of benzene rings is 2.